The van der Waals surface area contributed by atoms with Crippen LogP contribution in [0.25, 0.3) is 0 Å². The lowest BCUT2D eigenvalue weighted by molar-refractivity contribution is -0.142. The van der Waals surface area contributed by atoms with Crippen LogP contribution >= 0.6 is 24.4 Å². The molecule has 0 aliphatic heterocycles. The average molecular weight is 480 g/mol. The lowest BCUT2D eigenvalue weighted by Crippen LogP contribution is -2.58. The molecule has 0 rings (SSSR count). The van der Waals surface area contributed by atoms with Gasteiger partial charge in [0.1, 0.15) is 18.1 Å². The molecule has 10 nitrogen and oxygen atoms in total. The van der Waals surface area contributed by atoms with Crippen LogP contribution in [0.5, 0.6) is 0 Å². The van der Waals surface area contributed by atoms with E-state index in [9.17, 15) is 24.3 Å². The van der Waals surface area contributed by atoms with Crippen molar-refractivity contribution >= 4 is 48.1 Å². The Morgan fingerprint density at radius 1 is 0.935 bits per heavy atom. The minimum absolute atomic E-state index is 0.0403. The van der Waals surface area contributed by atoms with E-state index in [4.69, 9.17) is 11.5 Å². The van der Waals surface area contributed by atoms with Crippen molar-refractivity contribution in [3.63, 3.8) is 0 Å². The highest BCUT2D eigenvalue weighted by Crippen LogP contribution is 2.06. The smallest absolute Gasteiger partial charge is 0.326 e. The third kappa shape index (κ3) is 11.6. The van der Waals surface area contributed by atoms with Crippen molar-refractivity contribution in [3.8, 4) is 0 Å². The Morgan fingerprint density at radius 3 is 1.97 bits per heavy atom. The van der Waals surface area contributed by atoms with Crippen LogP contribution < -0.4 is 27.4 Å². The molecule has 0 saturated heterocycles. The third-order valence-electron chi connectivity index (χ3n) is 4.64. The number of hydrogen-bond acceptors (Lipinski definition) is 8. The van der Waals surface area contributed by atoms with Gasteiger partial charge >= 0.3 is 5.97 Å². The van der Waals surface area contributed by atoms with Crippen LogP contribution in [0, 0.1) is 5.92 Å². The van der Waals surface area contributed by atoms with Gasteiger partial charge in [-0.15, -0.1) is 0 Å². The predicted octanol–water partition coefficient (Wildman–Crippen LogP) is -0.679. The van der Waals surface area contributed by atoms with E-state index in [0.717, 1.165) is 0 Å². The quantitative estimate of drug-likeness (QED) is 0.112. The van der Waals surface area contributed by atoms with E-state index >= 15 is 0 Å². The van der Waals surface area contributed by atoms with Gasteiger partial charge in [-0.05, 0) is 50.2 Å². The molecular weight excluding hydrogens is 442 g/mol. The number of thioether (sulfide) groups is 1. The normalized spacial score (nSPS) is 14.9. The van der Waals surface area contributed by atoms with E-state index in [1.54, 1.807) is 13.8 Å². The summed E-state index contributed by atoms with van der Waals surface area (Å²) in [6.07, 6.45) is 3.68. The first-order valence-electron chi connectivity index (χ1n) is 10.3. The molecule has 180 valence electrons. The van der Waals surface area contributed by atoms with Crippen molar-refractivity contribution in [1.29, 1.82) is 0 Å². The molecule has 3 amide bonds. The van der Waals surface area contributed by atoms with E-state index in [0.29, 0.717) is 31.6 Å². The molecular formula is C19H37N5O5S2. The summed E-state index contributed by atoms with van der Waals surface area (Å²) in [6, 6.07) is -3.80. The summed E-state index contributed by atoms with van der Waals surface area (Å²) in [7, 11) is 0. The highest BCUT2D eigenvalue weighted by Gasteiger charge is 2.29. The number of unbranched alkanes of at least 4 members (excludes halogenated alkanes) is 1. The Hall–Kier alpha value is -1.50. The van der Waals surface area contributed by atoms with Gasteiger partial charge in [0, 0.05) is 5.75 Å². The summed E-state index contributed by atoms with van der Waals surface area (Å²) in [5.74, 6) is -2.42. The van der Waals surface area contributed by atoms with Gasteiger partial charge in [-0.1, -0.05) is 13.8 Å². The van der Waals surface area contributed by atoms with Crippen LogP contribution in [0.2, 0.25) is 0 Å². The van der Waals surface area contributed by atoms with Crippen molar-refractivity contribution in [3.05, 3.63) is 0 Å². The number of nitrogens with two attached hydrogens (primary N) is 2. The number of hydrogen-bond donors (Lipinski definition) is 7. The minimum atomic E-state index is -1.15. The average Bonchev–Trinajstić information content (AvgIpc) is 2.72. The summed E-state index contributed by atoms with van der Waals surface area (Å²) in [6.45, 7) is 4.04. The van der Waals surface area contributed by atoms with Crippen molar-refractivity contribution in [2.75, 3.05) is 24.3 Å². The lowest BCUT2D eigenvalue weighted by Gasteiger charge is -2.25. The zero-order valence-corrected chi connectivity index (χ0v) is 20.1. The molecule has 0 aromatic heterocycles. The molecule has 4 unspecified atom stereocenters. The van der Waals surface area contributed by atoms with Crippen LogP contribution in [0.1, 0.15) is 39.5 Å². The number of carbonyl (C=O) groups is 4. The molecule has 12 heteroatoms. The van der Waals surface area contributed by atoms with E-state index in [1.165, 1.54) is 11.8 Å². The Bertz CT molecular complexity index is 594. The summed E-state index contributed by atoms with van der Waals surface area (Å²) in [5.41, 5.74) is 11.4. The van der Waals surface area contributed by atoms with Crippen LogP contribution in [0.3, 0.4) is 0 Å². The minimum Gasteiger partial charge on any atom is -0.480 e. The first kappa shape index (κ1) is 29.5. The molecule has 0 aliphatic carbocycles. The first-order valence-corrected chi connectivity index (χ1v) is 12.3. The summed E-state index contributed by atoms with van der Waals surface area (Å²) in [5, 5.41) is 16.9. The molecule has 4 atom stereocenters. The Morgan fingerprint density at radius 2 is 1.48 bits per heavy atom. The number of rotatable bonds is 16. The van der Waals surface area contributed by atoms with E-state index < -0.39 is 47.9 Å². The number of thiol groups is 1. The fourth-order valence-electron chi connectivity index (χ4n) is 2.56. The van der Waals surface area contributed by atoms with Crippen molar-refractivity contribution in [1.82, 2.24) is 16.0 Å². The van der Waals surface area contributed by atoms with Crippen molar-refractivity contribution in [2.45, 2.75) is 63.7 Å². The standard InChI is InChI=1S/C19H37N5O5S2/c1-11(2)15(21)18(27)22-12(6-4-5-8-20)16(25)24-14(10-30)17(26)23-13(19(28)29)7-9-31-3/h11-15,30H,4-10,20-21H2,1-3H3,(H,22,27)(H,23,26)(H,24,25)(H,28,29). The predicted molar refractivity (Wildman–Crippen MR) is 126 cm³/mol. The molecule has 0 fully saturated rings. The van der Waals surface area contributed by atoms with Crippen molar-refractivity contribution < 1.29 is 24.3 Å². The highest BCUT2D eigenvalue weighted by atomic mass is 32.2. The van der Waals surface area contributed by atoms with Crippen LogP contribution in [-0.4, -0.2) is 77.3 Å². The largest absolute Gasteiger partial charge is 0.480 e. The molecule has 0 aliphatic rings. The molecule has 0 saturated carbocycles. The molecule has 0 aromatic rings. The van der Waals surface area contributed by atoms with Gasteiger partial charge in [-0.3, -0.25) is 14.4 Å². The number of nitrogens with one attached hydrogen (secondary N) is 3. The van der Waals surface area contributed by atoms with Crippen LogP contribution in [0.15, 0.2) is 0 Å². The Labute approximate surface area is 193 Å². The second-order valence-electron chi connectivity index (χ2n) is 7.54. The SMILES string of the molecule is CSCCC(NC(=O)C(CS)NC(=O)C(CCCCN)NC(=O)C(N)C(C)C)C(=O)O. The first-order chi connectivity index (χ1) is 14.6. The zero-order chi connectivity index (χ0) is 24.0. The molecule has 31 heavy (non-hydrogen) atoms. The summed E-state index contributed by atoms with van der Waals surface area (Å²) >= 11 is 5.57. The molecule has 0 heterocycles. The topological polar surface area (TPSA) is 177 Å². The number of aliphatic carboxylic acids is 1. The van der Waals surface area contributed by atoms with Gasteiger partial charge in [-0.2, -0.15) is 24.4 Å². The van der Waals surface area contributed by atoms with Gasteiger partial charge in [-0.25, -0.2) is 4.79 Å². The maximum atomic E-state index is 12.8. The van der Waals surface area contributed by atoms with Gasteiger partial charge in [0.05, 0.1) is 6.04 Å². The lowest BCUT2D eigenvalue weighted by atomic mass is 10.0. The fourth-order valence-corrected chi connectivity index (χ4v) is 3.29. The number of carbonyl (C=O) groups excluding carboxylic acids is 3. The summed E-state index contributed by atoms with van der Waals surface area (Å²) in [4.78, 5) is 49.0. The second-order valence-corrected chi connectivity index (χ2v) is 8.89. The van der Waals surface area contributed by atoms with Gasteiger partial charge < -0.3 is 32.5 Å². The number of carboxylic acid groups (broad SMARTS) is 1. The second kappa shape index (κ2) is 16.2. The fraction of sp³-hybridized carbons (Fsp3) is 0.789. The zero-order valence-electron chi connectivity index (χ0n) is 18.4. The molecule has 0 aromatic carbocycles. The number of carboxylic acids is 1. The Balaban J connectivity index is 5.19. The molecule has 0 spiro atoms. The van der Waals surface area contributed by atoms with Gasteiger partial charge in [0.2, 0.25) is 17.7 Å². The molecule has 0 radical (unpaired) electrons. The van der Waals surface area contributed by atoms with Crippen molar-refractivity contribution in [2.24, 2.45) is 17.4 Å². The highest BCUT2D eigenvalue weighted by molar-refractivity contribution is 7.98. The van der Waals surface area contributed by atoms with Gasteiger partial charge in [0.25, 0.3) is 0 Å². The monoisotopic (exact) mass is 479 g/mol. The van der Waals surface area contributed by atoms with E-state index in [1.807, 2.05) is 6.26 Å². The van der Waals surface area contributed by atoms with Gasteiger partial charge in [0.15, 0.2) is 0 Å². The number of amides is 3. The Kier molecular flexibility index (Phi) is 15.4. The maximum Gasteiger partial charge on any atom is 0.326 e. The van der Waals surface area contributed by atoms with Crippen LogP contribution in [0.4, 0.5) is 0 Å². The third-order valence-corrected chi connectivity index (χ3v) is 5.65. The van der Waals surface area contributed by atoms with E-state index in [-0.39, 0.29) is 18.1 Å². The van der Waals surface area contributed by atoms with E-state index in [2.05, 4.69) is 28.6 Å². The summed E-state index contributed by atoms with van der Waals surface area (Å²) < 4.78 is 0. The van der Waals surface area contributed by atoms with Crippen LogP contribution in [-0.2, 0) is 19.2 Å². The molecule has 0 bridgehead atoms. The maximum absolute atomic E-state index is 12.8. The molecule has 8 N–H and O–H groups in total.